The van der Waals surface area contributed by atoms with Crippen molar-refractivity contribution in [1.82, 2.24) is 15.1 Å². The van der Waals surface area contributed by atoms with Gasteiger partial charge in [-0.15, -0.1) is 0 Å². The molecule has 2 aromatic heterocycles. The first kappa shape index (κ1) is 19.1. The Morgan fingerprint density at radius 2 is 1.83 bits per heavy atom. The van der Waals surface area contributed by atoms with E-state index >= 15 is 0 Å². The molecule has 0 saturated heterocycles. The molecule has 4 nitrogen and oxygen atoms in total. The third-order valence-corrected chi connectivity index (χ3v) is 4.76. The molecule has 148 valence electrons. The van der Waals surface area contributed by atoms with Gasteiger partial charge in [0.25, 0.3) is 0 Å². The SMILES string of the molecule is Cc1ccc(CNCc2cn(-c3ccc(F)cc3F)nc2-c2ccccc2C)o1. The normalized spacial score (nSPS) is 11.2. The Labute approximate surface area is 167 Å². The van der Waals surface area contributed by atoms with E-state index in [9.17, 15) is 8.78 Å². The van der Waals surface area contributed by atoms with Gasteiger partial charge in [0.2, 0.25) is 0 Å². The van der Waals surface area contributed by atoms with Gasteiger partial charge in [-0.05, 0) is 43.7 Å². The van der Waals surface area contributed by atoms with Crippen LogP contribution in [0.5, 0.6) is 0 Å². The number of aryl methyl sites for hydroxylation is 2. The van der Waals surface area contributed by atoms with Crippen molar-refractivity contribution >= 4 is 0 Å². The Morgan fingerprint density at radius 3 is 2.55 bits per heavy atom. The van der Waals surface area contributed by atoms with Gasteiger partial charge in [-0.2, -0.15) is 5.10 Å². The fourth-order valence-electron chi connectivity index (χ4n) is 3.30. The van der Waals surface area contributed by atoms with E-state index in [1.54, 1.807) is 6.20 Å². The highest BCUT2D eigenvalue weighted by atomic mass is 19.1. The van der Waals surface area contributed by atoms with Gasteiger partial charge < -0.3 is 9.73 Å². The predicted molar refractivity (Wildman–Crippen MR) is 108 cm³/mol. The Kier molecular flexibility index (Phi) is 5.27. The minimum atomic E-state index is -0.658. The lowest BCUT2D eigenvalue weighted by atomic mass is 10.0. The Morgan fingerprint density at radius 1 is 1.00 bits per heavy atom. The molecule has 0 aliphatic heterocycles. The van der Waals surface area contributed by atoms with Crippen LogP contribution < -0.4 is 5.32 Å². The lowest BCUT2D eigenvalue weighted by molar-refractivity contribution is 0.462. The van der Waals surface area contributed by atoms with E-state index in [4.69, 9.17) is 4.42 Å². The number of aromatic nitrogens is 2. The highest BCUT2D eigenvalue weighted by molar-refractivity contribution is 5.66. The molecule has 6 heteroatoms. The first-order chi connectivity index (χ1) is 14.0. The highest BCUT2D eigenvalue weighted by Crippen LogP contribution is 2.27. The third-order valence-electron chi connectivity index (χ3n) is 4.76. The fourth-order valence-corrected chi connectivity index (χ4v) is 3.30. The monoisotopic (exact) mass is 393 g/mol. The van der Waals surface area contributed by atoms with Crippen LogP contribution >= 0.6 is 0 Å². The van der Waals surface area contributed by atoms with Crippen LogP contribution in [0, 0.1) is 25.5 Å². The Bertz CT molecular complexity index is 1150. The summed E-state index contributed by atoms with van der Waals surface area (Å²) in [5, 5.41) is 7.97. The summed E-state index contributed by atoms with van der Waals surface area (Å²) >= 11 is 0. The molecule has 4 aromatic rings. The van der Waals surface area contributed by atoms with Crippen LogP contribution in [0.2, 0.25) is 0 Å². The van der Waals surface area contributed by atoms with Gasteiger partial charge in [0.15, 0.2) is 5.82 Å². The zero-order chi connectivity index (χ0) is 20.4. The van der Waals surface area contributed by atoms with Gasteiger partial charge >= 0.3 is 0 Å². The van der Waals surface area contributed by atoms with E-state index in [0.29, 0.717) is 13.1 Å². The van der Waals surface area contributed by atoms with Crippen LogP contribution in [0.4, 0.5) is 8.78 Å². The molecule has 1 N–H and O–H groups in total. The second-order valence-electron chi connectivity index (χ2n) is 6.97. The summed E-state index contributed by atoms with van der Waals surface area (Å²) in [6.07, 6.45) is 1.78. The van der Waals surface area contributed by atoms with Crippen LogP contribution in [-0.2, 0) is 13.1 Å². The van der Waals surface area contributed by atoms with Gasteiger partial charge in [-0.3, -0.25) is 0 Å². The second kappa shape index (κ2) is 8.01. The summed E-state index contributed by atoms with van der Waals surface area (Å²) < 4.78 is 34.7. The lowest BCUT2D eigenvalue weighted by Crippen LogP contribution is -2.12. The standard InChI is InChI=1S/C23H21F2N3O/c1-15-5-3-4-6-20(15)23-17(12-26-13-19-9-7-16(2)29-19)14-28(27-23)22-10-8-18(24)11-21(22)25/h3-11,14,26H,12-13H2,1-2H3. The lowest BCUT2D eigenvalue weighted by Gasteiger charge is -2.06. The highest BCUT2D eigenvalue weighted by Gasteiger charge is 2.16. The summed E-state index contributed by atoms with van der Waals surface area (Å²) in [6.45, 7) is 5.00. The number of nitrogens with one attached hydrogen (secondary N) is 1. The van der Waals surface area contributed by atoms with Crippen molar-refractivity contribution in [1.29, 1.82) is 0 Å². The number of hydrogen-bond donors (Lipinski definition) is 1. The molecular formula is C23H21F2N3O. The van der Waals surface area contributed by atoms with E-state index < -0.39 is 11.6 Å². The maximum Gasteiger partial charge on any atom is 0.151 e. The van der Waals surface area contributed by atoms with Crippen molar-refractivity contribution in [3.8, 4) is 16.9 Å². The average molecular weight is 393 g/mol. The average Bonchev–Trinajstić information content (AvgIpc) is 3.29. The maximum absolute atomic E-state index is 14.3. The van der Waals surface area contributed by atoms with Gasteiger partial charge in [-0.1, -0.05) is 24.3 Å². The Balaban J connectivity index is 1.68. The summed E-state index contributed by atoms with van der Waals surface area (Å²) in [5.74, 6) is 0.432. The van der Waals surface area contributed by atoms with Crippen LogP contribution in [0.25, 0.3) is 16.9 Å². The number of furan rings is 1. The second-order valence-corrected chi connectivity index (χ2v) is 6.97. The first-order valence-electron chi connectivity index (χ1n) is 9.37. The van der Waals surface area contributed by atoms with E-state index in [0.717, 1.165) is 40.0 Å². The molecule has 0 bridgehead atoms. The van der Waals surface area contributed by atoms with Crippen molar-refractivity contribution in [2.45, 2.75) is 26.9 Å². The number of halogens is 2. The molecule has 0 amide bonds. The van der Waals surface area contributed by atoms with Gasteiger partial charge in [-0.25, -0.2) is 13.5 Å². The molecule has 4 rings (SSSR count). The number of rotatable bonds is 6. The van der Waals surface area contributed by atoms with E-state index in [1.165, 1.54) is 16.8 Å². The van der Waals surface area contributed by atoms with E-state index in [-0.39, 0.29) is 5.69 Å². The van der Waals surface area contributed by atoms with Crippen LogP contribution in [0.3, 0.4) is 0 Å². The molecule has 0 spiro atoms. The molecule has 0 unspecified atom stereocenters. The summed E-state index contributed by atoms with van der Waals surface area (Å²) in [5.41, 5.74) is 3.91. The third kappa shape index (κ3) is 4.12. The topological polar surface area (TPSA) is 43.0 Å². The van der Waals surface area contributed by atoms with Crippen LogP contribution in [0.15, 0.2) is 65.2 Å². The van der Waals surface area contributed by atoms with E-state index in [2.05, 4.69) is 10.4 Å². The summed E-state index contributed by atoms with van der Waals surface area (Å²) in [4.78, 5) is 0. The van der Waals surface area contributed by atoms with Crippen LogP contribution in [0.1, 0.15) is 22.6 Å². The predicted octanol–water partition coefficient (Wildman–Crippen LogP) is 5.32. The molecule has 29 heavy (non-hydrogen) atoms. The number of nitrogens with zero attached hydrogens (tertiary/aromatic N) is 2. The first-order valence-corrected chi connectivity index (χ1v) is 9.37. The van der Waals surface area contributed by atoms with Crippen molar-refractivity contribution in [2.75, 3.05) is 0 Å². The molecule has 0 saturated carbocycles. The van der Waals surface area contributed by atoms with Crippen molar-refractivity contribution in [3.05, 3.63) is 95.1 Å². The van der Waals surface area contributed by atoms with Crippen LogP contribution in [-0.4, -0.2) is 9.78 Å². The molecule has 0 radical (unpaired) electrons. The van der Waals surface area contributed by atoms with Gasteiger partial charge in [0, 0.05) is 29.9 Å². The number of benzene rings is 2. The zero-order valence-electron chi connectivity index (χ0n) is 16.2. The largest absolute Gasteiger partial charge is 0.465 e. The minimum absolute atomic E-state index is 0.203. The summed E-state index contributed by atoms with van der Waals surface area (Å²) in [7, 11) is 0. The molecule has 0 aliphatic rings. The van der Waals surface area contributed by atoms with Gasteiger partial charge in [0.1, 0.15) is 23.0 Å². The van der Waals surface area contributed by atoms with Crippen molar-refractivity contribution in [3.63, 3.8) is 0 Å². The van der Waals surface area contributed by atoms with Crippen molar-refractivity contribution < 1.29 is 13.2 Å². The molecule has 0 atom stereocenters. The molecule has 2 aromatic carbocycles. The molecular weight excluding hydrogens is 372 g/mol. The fraction of sp³-hybridized carbons (Fsp3) is 0.174. The quantitative estimate of drug-likeness (QED) is 0.482. The molecule has 2 heterocycles. The number of hydrogen-bond acceptors (Lipinski definition) is 3. The molecule has 0 aliphatic carbocycles. The smallest absolute Gasteiger partial charge is 0.151 e. The minimum Gasteiger partial charge on any atom is -0.465 e. The molecule has 0 fully saturated rings. The maximum atomic E-state index is 14.3. The summed E-state index contributed by atoms with van der Waals surface area (Å²) in [6, 6.07) is 15.2. The Hall–Kier alpha value is -3.25. The van der Waals surface area contributed by atoms with Gasteiger partial charge in [0.05, 0.1) is 12.2 Å². The van der Waals surface area contributed by atoms with E-state index in [1.807, 2.05) is 50.2 Å². The van der Waals surface area contributed by atoms with Crippen molar-refractivity contribution in [2.24, 2.45) is 0 Å². The zero-order valence-corrected chi connectivity index (χ0v) is 16.2.